The van der Waals surface area contributed by atoms with Crippen molar-refractivity contribution >= 4 is 5.91 Å². The summed E-state index contributed by atoms with van der Waals surface area (Å²) in [6, 6.07) is 0.621. The second-order valence-corrected chi connectivity index (χ2v) is 5.97. The van der Waals surface area contributed by atoms with E-state index < -0.39 is 28.6 Å². The second kappa shape index (κ2) is 4.61. The van der Waals surface area contributed by atoms with Gasteiger partial charge in [0.15, 0.2) is 0 Å². The van der Waals surface area contributed by atoms with Gasteiger partial charge in [-0.2, -0.15) is 0 Å². The van der Waals surface area contributed by atoms with Crippen LogP contribution in [0.5, 0.6) is 0 Å². The van der Waals surface area contributed by atoms with Gasteiger partial charge in [-0.1, -0.05) is 0 Å². The van der Waals surface area contributed by atoms with Gasteiger partial charge in [-0.25, -0.2) is 13.2 Å². The number of pyridine rings is 1. The molecule has 0 atom stereocenters. The lowest BCUT2D eigenvalue weighted by Gasteiger charge is -2.29. The number of hydrogen-bond donors (Lipinski definition) is 2. The van der Waals surface area contributed by atoms with Crippen molar-refractivity contribution in [2.45, 2.75) is 44.1 Å². The predicted octanol–water partition coefficient (Wildman–Crippen LogP) is 2.21. The Labute approximate surface area is 118 Å². The number of carbonyl (C=O) groups is 1. The van der Waals surface area contributed by atoms with E-state index in [-0.39, 0.29) is 18.0 Å². The molecule has 0 bridgehead atoms. The SMILES string of the molecule is O=C(NC1CCC2(CC1)CC2(F)F)c1cc(F)c[nH]c1=O. The van der Waals surface area contributed by atoms with Crippen molar-refractivity contribution in [3.63, 3.8) is 0 Å². The molecular formula is C14H15F3N2O2. The van der Waals surface area contributed by atoms with Gasteiger partial charge in [0, 0.05) is 24.1 Å². The summed E-state index contributed by atoms with van der Waals surface area (Å²) in [5, 5.41) is 2.63. The number of alkyl halides is 2. The Morgan fingerprint density at radius 3 is 2.52 bits per heavy atom. The minimum absolute atomic E-state index is 0.0652. The molecule has 1 aromatic rings. The maximum Gasteiger partial charge on any atom is 0.260 e. The molecule has 1 spiro atoms. The molecule has 3 rings (SSSR count). The van der Waals surface area contributed by atoms with Gasteiger partial charge in [0.1, 0.15) is 11.4 Å². The molecule has 1 heterocycles. The Morgan fingerprint density at radius 1 is 1.33 bits per heavy atom. The molecule has 2 aliphatic rings. The molecule has 1 amide bonds. The van der Waals surface area contributed by atoms with Crippen molar-refractivity contribution in [2.24, 2.45) is 5.41 Å². The third-order valence-corrected chi connectivity index (χ3v) is 4.60. The molecule has 1 aromatic heterocycles. The minimum atomic E-state index is -2.57. The molecule has 2 saturated carbocycles. The molecule has 7 heteroatoms. The zero-order chi connectivity index (χ0) is 15.3. The molecule has 0 radical (unpaired) electrons. The van der Waals surface area contributed by atoms with Gasteiger partial charge in [-0.05, 0) is 31.7 Å². The van der Waals surface area contributed by atoms with Crippen molar-refractivity contribution < 1.29 is 18.0 Å². The summed E-state index contributed by atoms with van der Waals surface area (Å²) in [5.41, 5.74) is -1.84. The van der Waals surface area contributed by atoms with Crippen LogP contribution < -0.4 is 10.9 Å². The standard InChI is InChI=1S/C14H15F3N2O2/c15-8-5-10(11(20)18-6-8)12(21)19-9-1-3-13(4-2-9)7-14(13,16)17/h5-6,9H,1-4,7H2,(H,18,20)(H,19,21). The molecule has 0 saturated heterocycles. The van der Waals surface area contributed by atoms with Crippen LogP contribution in [-0.4, -0.2) is 22.9 Å². The van der Waals surface area contributed by atoms with E-state index in [2.05, 4.69) is 10.3 Å². The maximum atomic E-state index is 13.3. The van der Waals surface area contributed by atoms with Crippen LogP contribution in [0.3, 0.4) is 0 Å². The van der Waals surface area contributed by atoms with E-state index in [0.29, 0.717) is 25.7 Å². The quantitative estimate of drug-likeness (QED) is 0.879. The highest BCUT2D eigenvalue weighted by atomic mass is 19.3. The van der Waals surface area contributed by atoms with Crippen molar-refractivity contribution in [3.05, 3.63) is 34.0 Å². The van der Waals surface area contributed by atoms with Crippen LogP contribution in [0.2, 0.25) is 0 Å². The highest BCUT2D eigenvalue weighted by molar-refractivity contribution is 5.93. The van der Waals surface area contributed by atoms with E-state index in [4.69, 9.17) is 0 Å². The summed E-state index contributed by atoms with van der Waals surface area (Å²) in [4.78, 5) is 25.5. The Balaban J connectivity index is 1.62. The summed E-state index contributed by atoms with van der Waals surface area (Å²) in [6.07, 6.45) is 2.45. The Kier molecular flexibility index (Phi) is 3.11. The highest BCUT2D eigenvalue weighted by Crippen LogP contribution is 2.67. The lowest BCUT2D eigenvalue weighted by Crippen LogP contribution is -2.40. The number of hydrogen-bond acceptors (Lipinski definition) is 2. The first-order valence-electron chi connectivity index (χ1n) is 6.90. The van der Waals surface area contributed by atoms with Gasteiger partial charge in [0.05, 0.1) is 0 Å². The molecular weight excluding hydrogens is 285 g/mol. The van der Waals surface area contributed by atoms with Crippen LogP contribution in [-0.2, 0) is 0 Å². The zero-order valence-electron chi connectivity index (χ0n) is 11.2. The van der Waals surface area contributed by atoms with Crippen LogP contribution in [0.4, 0.5) is 13.2 Å². The number of nitrogens with one attached hydrogen (secondary N) is 2. The maximum absolute atomic E-state index is 13.3. The summed E-state index contributed by atoms with van der Waals surface area (Å²) in [6.45, 7) is 0. The summed E-state index contributed by atoms with van der Waals surface area (Å²) >= 11 is 0. The van der Waals surface area contributed by atoms with Crippen molar-refractivity contribution in [1.82, 2.24) is 10.3 Å². The fourth-order valence-electron chi connectivity index (χ4n) is 3.13. The lowest BCUT2D eigenvalue weighted by molar-refractivity contribution is 0.0435. The summed E-state index contributed by atoms with van der Waals surface area (Å²) in [7, 11) is 0. The Bertz CT molecular complexity index is 633. The number of H-pyrrole nitrogens is 1. The minimum Gasteiger partial charge on any atom is -0.349 e. The summed E-state index contributed by atoms with van der Waals surface area (Å²) < 4.78 is 39.5. The third kappa shape index (κ3) is 2.45. The van der Waals surface area contributed by atoms with Gasteiger partial charge in [-0.15, -0.1) is 0 Å². The normalized spacial score (nSPS) is 30.1. The van der Waals surface area contributed by atoms with E-state index in [1.807, 2.05) is 0 Å². The Hall–Kier alpha value is -1.79. The van der Waals surface area contributed by atoms with E-state index in [9.17, 15) is 22.8 Å². The van der Waals surface area contributed by atoms with E-state index in [0.717, 1.165) is 12.3 Å². The van der Waals surface area contributed by atoms with Crippen LogP contribution in [0, 0.1) is 11.2 Å². The van der Waals surface area contributed by atoms with E-state index >= 15 is 0 Å². The van der Waals surface area contributed by atoms with Crippen LogP contribution in [0.25, 0.3) is 0 Å². The summed E-state index contributed by atoms with van der Waals surface area (Å²) in [5.74, 6) is -3.94. The first-order valence-corrected chi connectivity index (χ1v) is 6.90. The molecule has 2 aliphatic carbocycles. The molecule has 2 fully saturated rings. The smallest absolute Gasteiger partial charge is 0.260 e. The molecule has 4 nitrogen and oxygen atoms in total. The fourth-order valence-corrected chi connectivity index (χ4v) is 3.13. The molecule has 0 unspecified atom stereocenters. The van der Waals surface area contributed by atoms with Crippen molar-refractivity contribution in [1.29, 1.82) is 0 Å². The van der Waals surface area contributed by atoms with Crippen LogP contribution in [0.15, 0.2) is 17.1 Å². The Morgan fingerprint density at radius 2 is 1.95 bits per heavy atom. The number of amides is 1. The average Bonchev–Trinajstić information content (AvgIpc) is 2.96. The fraction of sp³-hybridized carbons (Fsp3) is 0.571. The van der Waals surface area contributed by atoms with Crippen LogP contribution >= 0.6 is 0 Å². The number of carbonyl (C=O) groups excluding carboxylic acids is 1. The van der Waals surface area contributed by atoms with Crippen LogP contribution in [0.1, 0.15) is 42.5 Å². The number of aromatic amines is 1. The molecule has 114 valence electrons. The van der Waals surface area contributed by atoms with E-state index in [1.165, 1.54) is 0 Å². The van der Waals surface area contributed by atoms with Gasteiger partial charge >= 0.3 is 0 Å². The predicted molar refractivity (Wildman–Crippen MR) is 68.7 cm³/mol. The zero-order valence-corrected chi connectivity index (χ0v) is 11.2. The topological polar surface area (TPSA) is 62.0 Å². The van der Waals surface area contributed by atoms with Gasteiger partial charge in [0.2, 0.25) is 0 Å². The highest BCUT2D eigenvalue weighted by Gasteiger charge is 2.70. The first-order chi connectivity index (χ1) is 9.83. The number of aromatic nitrogens is 1. The van der Waals surface area contributed by atoms with Gasteiger partial charge in [0.25, 0.3) is 17.4 Å². The van der Waals surface area contributed by atoms with Gasteiger partial charge < -0.3 is 10.3 Å². The van der Waals surface area contributed by atoms with Crippen molar-refractivity contribution in [3.8, 4) is 0 Å². The largest absolute Gasteiger partial charge is 0.349 e. The van der Waals surface area contributed by atoms with Crippen molar-refractivity contribution in [2.75, 3.05) is 0 Å². The molecule has 2 N–H and O–H groups in total. The number of halogens is 3. The second-order valence-electron chi connectivity index (χ2n) is 5.97. The molecule has 21 heavy (non-hydrogen) atoms. The first kappa shape index (κ1) is 14.2. The monoisotopic (exact) mass is 300 g/mol. The lowest BCUT2D eigenvalue weighted by atomic mass is 9.83. The molecule has 0 aliphatic heterocycles. The number of rotatable bonds is 2. The molecule has 0 aromatic carbocycles. The van der Waals surface area contributed by atoms with Gasteiger partial charge in [-0.3, -0.25) is 9.59 Å². The average molecular weight is 300 g/mol. The van der Waals surface area contributed by atoms with E-state index in [1.54, 1.807) is 0 Å². The third-order valence-electron chi connectivity index (χ3n) is 4.60.